The van der Waals surface area contributed by atoms with Crippen LogP contribution in [0, 0.1) is 36.0 Å². The fourth-order valence-corrected chi connectivity index (χ4v) is 6.81. The molecule has 0 aromatic carbocycles. The van der Waals surface area contributed by atoms with Gasteiger partial charge in [0.05, 0.1) is 17.6 Å². The second-order valence-corrected chi connectivity index (χ2v) is 10.7. The molecule has 1 unspecified atom stereocenters. The number of hydrogen-bond donors (Lipinski definition) is 2. The predicted molar refractivity (Wildman–Crippen MR) is 119 cm³/mol. The molecule has 4 bridgehead atoms. The molecule has 31 heavy (non-hydrogen) atoms. The van der Waals surface area contributed by atoms with E-state index in [2.05, 4.69) is 20.7 Å². The molecule has 2 aromatic heterocycles. The van der Waals surface area contributed by atoms with E-state index in [-0.39, 0.29) is 23.1 Å². The highest BCUT2D eigenvalue weighted by Gasteiger charge is 2.55. The summed E-state index contributed by atoms with van der Waals surface area (Å²) in [5.41, 5.74) is 2.03. The quantitative estimate of drug-likeness (QED) is 0.769. The van der Waals surface area contributed by atoms with E-state index in [0.717, 1.165) is 36.0 Å². The van der Waals surface area contributed by atoms with Crippen molar-refractivity contribution in [1.82, 2.24) is 20.1 Å². The van der Waals surface area contributed by atoms with Crippen molar-refractivity contribution in [3.8, 4) is 0 Å². The molecule has 0 radical (unpaired) electrons. The molecule has 4 aliphatic carbocycles. The van der Waals surface area contributed by atoms with Crippen LogP contribution in [-0.4, -0.2) is 32.6 Å². The summed E-state index contributed by atoms with van der Waals surface area (Å²) in [6.07, 6.45) is 8.53. The van der Waals surface area contributed by atoms with Crippen LogP contribution in [0.4, 0.5) is 5.69 Å². The number of amides is 2. The van der Waals surface area contributed by atoms with E-state index in [9.17, 15) is 9.59 Å². The van der Waals surface area contributed by atoms with E-state index >= 15 is 0 Å². The minimum absolute atomic E-state index is 0.00493. The van der Waals surface area contributed by atoms with Gasteiger partial charge in [-0.3, -0.25) is 14.3 Å². The number of nitrogens with one attached hydrogen (secondary N) is 2. The normalized spacial score (nSPS) is 30.0. The topological polar surface area (TPSA) is 88.9 Å². The monoisotopic (exact) mass is 423 g/mol. The van der Waals surface area contributed by atoms with Crippen molar-refractivity contribution in [3.63, 3.8) is 0 Å². The predicted octanol–water partition coefficient (Wildman–Crippen LogP) is 3.57. The van der Waals surface area contributed by atoms with E-state index in [1.807, 2.05) is 33.9 Å². The number of fused-ring (bicyclic) bond motifs is 1. The van der Waals surface area contributed by atoms with Gasteiger partial charge in [-0.15, -0.1) is 0 Å². The zero-order valence-corrected chi connectivity index (χ0v) is 18.9. The van der Waals surface area contributed by atoms with Crippen LogP contribution in [0.1, 0.15) is 58.1 Å². The molecule has 4 saturated carbocycles. The Balaban J connectivity index is 1.32. The summed E-state index contributed by atoms with van der Waals surface area (Å²) < 4.78 is 1.74. The summed E-state index contributed by atoms with van der Waals surface area (Å²) >= 11 is 0. The second-order valence-electron chi connectivity index (χ2n) is 10.7. The van der Waals surface area contributed by atoms with Gasteiger partial charge in [-0.05, 0) is 75.2 Å². The van der Waals surface area contributed by atoms with Crippen molar-refractivity contribution < 1.29 is 9.59 Å². The molecule has 4 fully saturated rings. The first-order chi connectivity index (χ1) is 14.7. The van der Waals surface area contributed by atoms with Crippen molar-refractivity contribution in [1.29, 1.82) is 0 Å². The van der Waals surface area contributed by atoms with Crippen LogP contribution >= 0.6 is 0 Å². The molecule has 0 saturated heterocycles. The summed E-state index contributed by atoms with van der Waals surface area (Å²) in [5, 5.41) is 11.4. The number of pyridine rings is 1. The number of carbonyl (C=O) groups excluding carboxylic acids is 2. The van der Waals surface area contributed by atoms with Crippen LogP contribution in [0.15, 0.2) is 12.3 Å². The van der Waals surface area contributed by atoms with Gasteiger partial charge in [0.25, 0.3) is 0 Å². The van der Waals surface area contributed by atoms with Gasteiger partial charge in [-0.2, -0.15) is 5.10 Å². The molecule has 0 spiro atoms. The number of rotatable bonds is 5. The molecule has 1 atom stereocenters. The standard InChI is InChI=1S/C24H33N5O2/c1-13(2)20(22(30)26-18-8-19-14(3)28-29(4)21(19)25-12-18)27-23(31)24-9-15-5-16(10-24)7-17(6-15)11-24/h8,12-13,15-17,20H,5-7,9-11H2,1-4H3,(H,26,30)(H,27,31). The Hall–Kier alpha value is -2.44. The van der Waals surface area contributed by atoms with Crippen molar-refractivity contribution in [2.24, 2.45) is 36.1 Å². The minimum Gasteiger partial charge on any atom is -0.344 e. The largest absolute Gasteiger partial charge is 0.344 e. The third-order valence-corrected chi connectivity index (χ3v) is 7.89. The summed E-state index contributed by atoms with van der Waals surface area (Å²) in [7, 11) is 1.86. The molecule has 7 nitrogen and oxygen atoms in total. The lowest BCUT2D eigenvalue weighted by atomic mass is 9.49. The van der Waals surface area contributed by atoms with Crippen molar-refractivity contribution >= 4 is 28.5 Å². The number of hydrogen-bond acceptors (Lipinski definition) is 4. The molecule has 6 rings (SSSR count). The fourth-order valence-electron chi connectivity index (χ4n) is 6.81. The van der Waals surface area contributed by atoms with E-state index in [0.29, 0.717) is 23.4 Å². The Bertz CT molecular complexity index is 1000. The lowest BCUT2D eigenvalue weighted by Gasteiger charge is -2.55. The summed E-state index contributed by atoms with van der Waals surface area (Å²) in [4.78, 5) is 31.1. The first-order valence-electron chi connectivity index (χ1n) is 11.7. The molecule has 166 valence electrons. The van der Waals surface area contributed by atoms with E-state index in [4.69, 9.17) is 0 Å². The minimum atomic E-state index is -0.564. The van der Waals surface area contributed by atoms with Gasteiger partial charge in [-0.1, -0.05) is 13.8 Å². The van der Waals surface area contributed by atoms with Crippen LogP contribution in [0.3, 0.4) is 0 Å². The second kappa shape index (κ2) is 7.31. The molecule has 0 aliphatic heterocycles. The van der Waals surface area contributed by atoms with Crippen molar-refractivity contribution in [2.75, 3.05) is 5.32 Å². The Labute approximate surface area is 183 Å². The van der Waals surface area contributed by atoms with Crippen LogP contribution in [0.2, 0.25) is 0 Å². The Morgan fingerprint density at radius 2 is 1.74 bits per heavy atom. The lowest BCUT2D eigenvalue weighted by Crippen LogP contribution is -2.57. The van der Waals surface area contributed by atoms with Gasteiger partial charge in [0, 0.05) is 17.8 Å². The van der Waals surface area contributed by atoms with E-state index in [1.54, 1.807) is 10.9 Å². The number of nitrogens with zero attached hydrogens (tertiary/aromatic N) is 3. The number of aryl methyl sites for hydroxylation is 2. The average molecular weight is 424 g/mol. The van der Waals surface area contributed by atoms with Gasteiger partial charge < -0.3 is 10.6 Å². The Morgan fingerprint density at radius 3 is 2.32 bits per heavy atom. The van der Waals surface area contributed by atoms with E-state index in [1.165, 1.54) is 19.3 Å². The molecule has 2 aromatic rings. The van der Waals surface area contributed by atoms with Gasteiger partial charge in [0.1, 0.15) is 6.04 Å². The van der Waals surface area contributed by atoms with Crippen LogP contribution in [0.5, 0.6) is 0 Å². The van der Waals surface area contributed by atoms with Gasteiger partial charge in [-0.25, -0.2) is 4.98 Å². The highest BCUT2D eigenvalue weighted by molar-refractivity contribution is 5.99. The third kappa shape index (κ3) is 3.52. The molecule has 2 heterocycles. The molecule has 4 aliphatic rings. The maximum atomic E-state index is 13.5. The highest BCUT2D eigenvalue weighted by Crippen LogP contribution is 2.60. The third-order valence-electron chi connectivity index (χ3n) is 7.89. The maximum absolute atomic E-state index is 13.5. The smallest absolute Gasteiger partial charge is 0.247 e. The summed E-state index contributed by atoms with van der Waals surface area (Å²) in [6.45, 7) is 5.89. The zero-order chi connectivity index (χ0) is 21.9. The zero-order valence-electron chi connectivity index (χ0n) is 18.9. The lowest BCUT2D eigenvalue weighted by molar-refractivity contribution is -0.148. The van der Waals surface area contributed by atoms with Gasteiger partial charge in [0.15, 0.2) is 5.65 Å². The summed E-state index contributed by atoms with van der Waals surface area (Å²) in [5.74, 6) is 2.00. The van der Waals surface area contributed by atoms with Crippen LogP contribution in [0.25, 0.3) is 11.0 Å². The SMILES string of the molecule is Cc1nn(C)c2ncc(NC(=O)C(NC(=O)C34CC5CC(CC(C5)C3)C4)C(C)C)cc12. The van der Waals surface area contributed by atoms with Crippen molar-refractivity contribution in [2.45, 2.75) is 65.3 Å². The number of aromatic nitrogens is 3. The maximum Gasteiger partial charge on any atom is 0.247 e. The molecule has 2 N–H and O–H groups in total. The molecule has 2 amide bonds. The number of carbonyl (C=O) groups is 2. The van der Waals surface area contributed by atoms with Crippen LogP contribution < -0.4 is 10.6 Å². The van der Waals surface area contributed by atoms with Crippen LogP contribution in [-0.2, 0) is 16.6 Å². The number of anilines is 1. The van der Waals surface area contributed by atoms with E-state index < -0.39 is 6.04 Å². The Kier molecular flexibility index (Phi) is 4.83. The Morgan fingerprint density at radius 1 is 1.13 bits per heavy atom. The van der Waals surface area contributed by atoms with Gasteiger partial charge >= 0.3 is 0 Å². The molecule has 7 heteroatoms. The molecular weight excluding hydrogens is 390 g/mol. The first kappa shape index (κ1) is 20.5. The summed E-state index contributed by atoms with van der Waals surface area (Å²) in [6, 6.07) is 1.34. The average Bonchev–Trinajstić information content (AvgIpc) is 2.97. The fraction of sp³-hybridized carbons (Fsp3) is 0.667. The first-order valence-corrected chi connectivity index (χ1v) is 11.7. The van der Waals surface area contributed by atoms with Gasteiger partial charge in [0.2, 0.25) is 11.8 Å². The van der Waals surface area contributed by atoms with Crippen molar-refractivity contribution in [3.05, 3.63) is 18.0 Å². The molecular formula is C24H33N5O2. The highest BCUT2D eigenvalue weighted by atomic mass is 16.2.